The summed E-state index contributed by atoms with van der Waals surface area (Å²) in [6, 6.07) is 9.85. The van der Waals surface area contributed by atoms with Crippen molar-refractivity contribution in [3.63, 3.8) is 0 Å². The first-order valence-electron chi connectivity index (χ1n) is 4.85. The van der Waals surface area contributed by atoms with Gasteiger partial charge in [-0.15, -0.1) is 0 Å². The predicted molar refractivity (Wildman–Crippen MR) is 65.1 cm³/mol. The van der Waals surface area contributed by atoms with Crippen molar-refractivity contribution in [3.8, 4) is 5.75 Å². The highest BCUT2D eigenvalue weighted by Gasteiger charge is 2.13. The van der Waals surface area contributed by atoms with E-state index in [2.05, 4.69) is 4.98 Å². The lowest BCUT2D eigenvalue weighted by atomic mass is 10.2. The standard InChI is InChI=1S/C12H9ClN2O2/c13-11-10(6-3-7-15-11)17-12(16)8-4-1-2-5-9(8)14/h1-7H,14H2. The third-order valence-electron chi connectivity index (χ3n) is 2.11. The number of hydrogen-bond acceptors (Lipinski definition) is 4. The van der Waals surface area contributed by atoms with Crippen LogP contribution in [0.2, 0.25) is 5.15 Å². The number of ether oxygens (including phenoxy) is 1. The number of halogens is 1. The minimum atomic E-state index is -0.557. The molecule has 0 radical (unpaired) electrons. The minimum Gasteiger partial charge on any atom is -0.420 e. The summed E-state index contributed by atoms with van der Waals surface area (Å²) >= 11 is 5.78. The lowest BCUT2D eigenvalue weighted by molar-refractivity contribution is 0.0735. The van der Waals surface area contributed by atoms with E-state index in [-0.39, 0.29) is 10.9 Å². The Morgan fingerprint density at radius 1 is 1.24 bits per heavy atom. The van der Waals surface area contributed by atoms with Crippen LogP contribution in [0.1, 0.15) is 10.4 Å². The van der Waals surface area contributed by atoms with Gasteiger partial charge in [0.05, 0.1) is 5.56 Å². The molecule has 0 amide bonds. The molecule has 2 rings (SSSR count). The molecule has 1 heterocycles. The zero-order valence-electron chi connectivity index (χ0n) is 8.76. The molecule has 0 spiro atoms. The SMILES string of the molecule is Nc1ccccc1C(=O)Oc1cccnc1Cl. The Balaban J connectivity index is 2.24. The van der Waals surface area contributed by atoms with Gasteiger partial charge >= 0.3 is 5.97 Å². The molecule has 4 nitrogen and oxygen atoms in total. The molecule has 0 aliphatic rings. The highest BCUT2D eigenvalue weighted by Crippen LogP contribution is 2.22. The second-order valence-corrected chi connectivity index (χ2v) is 3.63. The summed E-state index contributed by atoms with van der Waals surface area (Å²) in [4.78, 5) is 15.6. The molecule has 86 valence electrons. The van der Waals surface area contributed by atoms with Gasteiger partial charge in [0.2, 0.25) is 0 Å². The minimum absolute atomic E-state index is 0.135. The van der Waals surface area contributed by atoms with E-state index in [0.29, 0.717) is 11.3 Å². The first-order chi connectivity index (χ1) is 8.18. The van der Waals surface area contributed by atoms with Crippen molar-refractivity contribution in [1.29, 1.82) is 0 Å². The number of pyridine rings is 1. The van der Waals surface area contributed by atoms with Crippen LogP contribution in [-0.4, -0.2) is 11.0 Å². The molecule has 0 fully saturated rings. The fourth-order valence-electron chi connectivity index (χ4n) is 1.29. The van der Waals surface area contributed by atoms with Gasteiger partial charge in [-0.1, -0.05) is 23.7 Å². The fraction of sp³-hybridized carbons (Fsp3) is 0. The Bertz CT molecular complexity index is 558. The molecule has 0 atom stereocenters. The average molecular weight is 249 g/mol. The summed E-state index contributed by atoms with van der Waals surface area (Å²) in [7, 11) is 0. The van der Waals surface area contributed by atoms with Crippen molar-refractivity contribution < 1.29 is 9.53 Å². The molecule has 0 saturated carbocycles. The number of aromatic nitrogens is 1. The first-order valence-corrected chi connectivity index (χ1v) is 5.23. The maximum Gasteiger partial charge on any atom is 0.345 e. The Kier molecular flexibility index (Phi) is 3.25. The first kappa shape index (κ1) is 11.4. The third kappa shape index (κ3) is 2.54. The van der Waals surface area contributed by atoms with Gasteiger partial charge in [-0.2, -0.15) is 0 Å². The van der Waals surface area contributed by atoms with E-state index in [4.69, 9.17) is 22.1 Å². The van der Waals surface area contributed by atoms with E-state index < -0.39 is 5.97 Å². The van der Waals surface area contributed by atoms with E-state index >= 15 is 0 Å². The van der Waals surface area contributed by atoms with Gasteiger partial charge in [-0.05, 0) is 24.3 Å². The van der Waals surface area contributed by atoms with E-state index in [1.54, 1.807) is 36.4 Å². The third-order valence-corrected chi connectivity index (χ3v) is 2.39. The number of nitrogens with two attached hydrogens (primary N) is 1. The van der Waals surface area contributed by atoms with E-state index in [9.17, 15) is 4.79 Å². The molecule has 0 bridgehead atoms. The van der Waals surface area contributed by atoms with Crippen molar-refractivity contribution in [2.75, 3.05) is 5.73 Å². The number of carbonyl (C=O) groups is 1. The van der Waals surface area contributed by atoms with Crippen LogP contribution in [0, 0.1) is 0 Å². The quantitative estimate of drug-likeness (QED) is 0.504. The Morgan fingerprint density at radius 2 is 2.00 bits per heavy atom. The van der Waals surface area contributed by atoms with Gasteiger partial charge in [0, 0.05) is 11.9 Å². The van der Waals surface area contributed by atoms with Gasteiger partial charge in [-0.25, -0.2) is 9.78 Å². The second-order valence-electron chi connectivity index (χ2n) is 3.27. The Morgan fingerprint density at radius 3 is 2.71 bits per heavy atom. The van der Waals surface area contributed by atoms with Gasteiger partial charge in [0.25, 0.3) is 0 Å². The summed E-state index contributed by atoms with van der Waals surface area (Å²) in [5.41, 5.74) is 6.32. The molecule has 17 heavy (non-hydrogen) atoms. The molecular formula is C12H9ClN2O2. The molecule has 1 aromatic heterocycles. The maximum absolute atomic E-state index is 11.8. The van der Waals surface area contributed by atoms with Crippen LogP contribution in [0.4, 0.5) is 5.69 Å². The lowest BCUT2D eigenvalue weighted by Gasteiger charge is -2.06. The van der Waals surface area contributed by atoms with E-state index in [1.165, 1.54) is 6.20 Å². The number of rotatable bonds is 2. The normalized spacial score (nSPS) is 9.94. The number of para-hydroxylation sites is 1. The molecule has 0 saturated heterocycles. The van der Waals surface area contributed by atoms with Gasteiger partial charge in [0.1, 0.15) is 0 Å². The number of anilines is 1. The molecular weight excluding hydrogens is 240 g/mol. The summed E-state index contributed by atoms with van der Waals surface area (Å²) in [6.45, 7) is 0. The van der Waals surface area contributed by atoms with Crippen LogP contribution in [0.3, 0.4) is 0 Å². The number of esters is 1. The maximum atomic E-state index is 11.8. The molecule has 5 heteroatoms. The highest BCUT2D eigenvalue weighted by molar-refractivity contribution is 6.30. The van der Waals surface area contributed by atoms with Crippen molar-refractivity contribution in [2.45, 2.75) is 0 Å². The topological polar surface area (TPSA) is 65.2 Å². The van der Waals surface area contributed by atoms with Crippen LogP contribution in [0.5, 0.6) is 5.75 Å². The predicted octanol–water partition coefficient (Wildman–Crippen LogP) is 2.54. The molecule has 0 aliphatic heterocycles. The summed E-state index contributed by atoms with van der Waals surface area (Å²) < 4.78 is 5.10. The molecule has 1 aromatic carbocycles. The number of carbonyl (C=O) groups excluding carboxylic acids is 1. The Hall–Kier alpha value is -2.07. The summed E-state index contributed by atoms with van der Waals surface area (Å²) in [6.07, 6.45) is 1.51. The van der Waals surface area contributed by atoms with Crippen LogP contribution >= 0.6 is 11.6 Å². The molecule has 2 N–H and O–H groups in total. The number of nitrogens with zero attached hydrogens (tertiary/aromatic N) is 1. The largest absolute Gasteiger partial charge is 0.420 e. The summed E-state index contributed by atoms with van der Waals surface area (Å²) in [5.74, 6) is -0.347. The van der Waals surface area contributed by atoms with Gasteiger partial charge in [0.15, 0.2) is 10.9 Å². The van der Waals surface area contributed by atoms with Gasteiger partial charge < -0.3 is 10.5 Å². The van der Waals surface area contributed by atoms with Crippen molar-refractivity contribution in [3.05, 3.63) is 53.3 Å². The smallest absolute Gasteiger partial charge is 0.345 e. The van der Waals surface area contributed by atoms with Crippen LogP contribution in [-0.2, 0) is 0 Å². The van der Waals surface area contributed by atoms with Crippen molar-refractivity contribution >= 4 is 23.3 Å². The molecule has 0 unspecified atom stereocenters. The zero-order valence-corrected chi connectivity index (χ0v) is 9.52. The fourth-order valence-corrected chi connectivity index (χ4v) is 1.44. The van der Waals surface area contributed by atoms with Crippen LogP contribution < -0.4 is 10.5 Å². The zero-order chi connectivity index (χ0) is 12.3. The summed E-state index contributed by atoms with van der Waals surface area (Å²) in [5, 5.41) is 0.135. The molecule has 0 aliphatic carbocycles. The number of benzene rings is 1. The van der Waals surface area contributed by atoms with Crippen LogP contribution in [0.15, 0.2) is 42.6 Å². The molecule has 2 aromatic rings. The van der Waals surface area contributed by atoms with E-state index in [1.807, 2.05) is 0 Å². The Labute approximate surface area is 103 Å². The average Bonchev–Trinajstić information content (AvgIpc) is 2.32. The van der Waals surface area contributed by atoms with Crippen LogP contribution in [0.25, 0.3) is 0 Å². The van der Waals surface area contributed by atoms with E-state index in [0.717, 1.165) is 0 Å². The van der Waals surface area contributed by atoms with Crippen molar-refractivity contribution in [1.82, 2.24) is 4.98 Å². The monoisotopic (exact) mass is 248 g/mol. The lowest BCUT2D eigenvalue weighted by Crippen LogP contribution is -2.11. The highest BCUT2D eigenvalue weighted by atomic mass is 35.5. The van der Waals surface area contributed by atoms with Gasteiger partial charge in [-0.3, -0.25) is 0 Å². The number of nitrogen functional groups attached to an aromatic ring is 1. The number of hydrogen-bond donors (Lipinski definition) is 1. The van der Waals surface area contributed by atoms with Crippen molar-refractivity contribution in [2.24, 2.45) is 0 Å². The second kappa shape index (κ2) is 4.84.